The molecule has 0 spiro atoms. The largest absolute Gasteiger partial charge is 0.432 e. The Hall–Kier alpha value is -3.09. The first kappa shape index (κ1) is 26.0. The van der Waals surface area contributed by atoms with Crippen LogP contribution in [0.4, 0.5) is 10.6 Å². The van der Waals surface area contributed by atoms with Gasteiger partial charge in [0.1, 0.15) is 5.82 Å². The van der Waals surface area contributed by atoms with E-state index in [1.54, 1.807) is 0 Å². The standard InChI is InChI=1S/C29H40N4O3/c1-30-28(35)36-29(18-8-7-11-25(29)23-9-5-4-6-10-23)27(34)32-19-21-12-14-22(15-13-21)24-16-17-26(31-20-24)33(2)3/h4-6,9-10,16-17,20-22,25H,7-8,11-15,18-19H2,1-3H3,(H,30,35)(H,32,34). The number of anilines is 1. The zero-order chi connectivity index (χ0) is 25.5. The summed E-state index contributed by atoms with van der Waals surface area (Å²) >= 11 is 0. The van der Waals surface area contributed by atoms with Crippen LogP contribution in [0.15, 0.2) is 48.7 Å². The van der Waals surface area contributed by atoms with Crippen LogP contribution in [0.1, 0.15) is 74.3 Å². The maximum Gasteiger partial charge on any atom is 0.407 e. The van der Waals surface area contributed by atoms with E-state index in [0.717, 1.165) is 56.3 Å². The lowest BCUT2D eigenvalue weighted by atomic mass is 9.71. The molecule has 2 saturated carbocycles. The van der Waals surface area contributed by atoms with E-state index in [-0.39, 0.29) is 11.8 Å². The molecule has 7 heteroatoms. The third-order valence-corrected chi connectivity index (χ3v) is 8.02. The molecule has 194 valence electrons. The van der Waals surface area contributed by atoms with Crippen molar-refractivity contribution < 1.29 is 14.3 Å². The van der Waals surface area contributed by atoms with Gasteiger partial charge in [0, 0.05) is 39.8 Å². The summed E-state index contributed by atoms with van der Waals surface area (Å²) in [6, 6.07) is 14.3. The summed E-state index contributed by atoms with van der Waals surface area (Å²) in [5, 5.41) is 5.76. The zero-order valence-corrected chi connectivity index (χ0v) is 21.8. The Bertz CT molecular complexity index is 1000. The minimum Gasteiger partial charge on any atom is -0.432 e. The van der Waals surface area contributed by atoms with Gasteiger partial charge < -0.3 is 20.3 Å². The zero-order valence-electron chi connectivity index (χ0n) is 21.8. The minimum atomic E-state index is -1.18. The highest BCUT2D eigenvalue weighted by molar-refractivity contribution is 5.89. The second-order valence-electron chi connectivity index (χ2n) is 10.5. The predicted octanol–water partition coefficient (Wildman–Crippen LogP) is 4.99. The van der Waals surface area contributed by atoms with Gasteiger partial charge in [-0.15, -0.1) is 0 Å². The highest BCUT2D eigenvalue weighted by atomic mass is 16.6. The molecule has 2 aliphatic carbocycles. The third kappa shape index (κ3) is 5.82. The van der Waals surface area contributed by atoms with Gasteiger partial charge in [-0.1, -0.05) is 42.8 Å². The summed E-state index contributed by atoms with van der Waals surface area (Å²) in [5.41, 5.74) is 1.16. The minimum absolute atomic E-state index is 0.155. The second-order valence-corrected chi connectivity index (χ2v) is 10.5. The predicted molar refractivity (Wildman–Crippen MR) is 142 cm³/mol. The fourth-order valence-electron chi connectivity index (χ4n) is 5.91. The fourth-order valence-corrected chi connectivity index (χ4v) is 5.91. The van der Waals surface area contributed by atoms with Crippen molar-refractivity contribution in [2.24, 2.45) is 5.92 Å². The first-order valence-electron chi connectivity index (χ1n) is 13.3. The molecule has 0 saturated heterocycles. The number of carbonyl (C=O) groups is 2. The number of ether oxygens (including phenoxy) is 1. The van der Waals surface area contributed by atoms with Gasteiger partial charge in [0.05, 0.1) is 0 Å². The molecule has 2 N–H and O–H groups in total. The first-order valence-corrected chi connectivity index (χ1v) is 13.3. The van der Waals surface area contributed by atoms with Gasteiger partial charge in [-0.25, -0.2) is 9.78 Å². The maximum atomic E-state index is 13.7. The van der Waals surface area contributed by atoms with Crippen LogP contribution in [0.3, 0.4) is 0 Å². The van der Waals surface area contributed by atoms with Crippen LogP contribution < -0.4 is 15.5 Å². The normalized spacial score (nSPS) is 26.0. The summed E-state index contributed by atoms with van der Waals surface area (Å²) in [5.74, 6) is 1.60. The van der Waals surface area contributed by atoms with Crippen LogP contribution >= 0.6 is 0 Å². The Labute approximate surface area is 215 Å². The first-order chi connectivity index (χ1) is 17.4. The van der Waals surface area contributed by atoms with Crippen molar-refractivity contribution in [1.29, 1.82) is 0 Å². The molecule has 2 aliphatic rings. The van der Waals surface area contributed by atoms with Gasteiger partial charge in [-0.2, -0.15) is 0 Å². The summed E-state index contributed by atoms with van der Waals surface area (Å²) in [6.07, 6.45) is 9.00. The number of hydrogen-bond acceptors (Lipinski definition) is 5. The Morgan fingerprint density at radius 1 is 1.00 bits per heavy atom. The average Bonchev–Trinajstić information content (AvgIpc) is 2.92. The molecule has 1 heterocycles. The fraction of sp³-hybridized carbons (Fsp3) is 0.552. The van der Waals surface area contributed by atoms with E-state index in [2.05, 4.69) is 27.8 Å². The summed E-state index contributed by atoms with van der Waals surface area (Å²) < 4.78 is 5.93. The molecule has 0 aliphatic heterocycles. The summed E-state index contributed by atoms with van der Waals surface area (Å²) in [6.45, 7) is 0.615. The number of pyridine rings is 1. The smallest absolute Gasteiger partial charge is 0.407 e. The molecule has 2 aromatic rings. The van der Waals surface area contributed by atoms with Crippen molar-refractivity contribution in [2.75, 3.05) is 32.6 Å². The number of nitrogens with one attached hydrogen (secondary N) is 2. The molecule has 7 nitrogen and oxygen atoms in total. The van der Waals surface area contributed by atoms with Crippen molar-refractivity contribution in [3.63, 3.8) is 0 Å². The number of amides is 2. The molecule has 2 amide bonds. The van der Waals surface area contributed by atoms with Crippen LogP contribution in [-0.4, -0.2) is 50.3 Å². The molecule has 1 aromatic carbocycles. The van der Waals surface area contributed by atoms with Gasteiger partial charge in [-0.3, -0.25) is 4.79 Å². The molecule has 36 heavy (non-hydrogen) atoms. The second kappa shape index (κ2) is 11.8. The summed E-state index contributed by atoms with van der Waals surface area (Å²) in [7, 11) is 5.54. The molecule has 2 unspecified atom stereocenters. The van der Waals surface area contributed by atoms with Gasteiger partial charge in [0.2, 0.25) is 0 Å². The van der Waals surface area contributed by atoms with Gasteiger partial charge >= 0.3 is 6.09 Å². The number of rotatable bonds is 7. The monoisotopic (exact) mass is 492 g/mol. The molecule has 4 rings (SSSR count). The molecule has 1 aromatic heterocycles. The number of aromatic nitrogens is 1. The van der Waals surface area contributed by atoms with Crippen LogP contribution in [0.5, 0.6) is 0 Å². The Balaban J connectivity index is 1.40. The molecular weight excluding hydrogens is 452 g/mol. The van der Waals surface area contributed by atoms with Gasteiger partial charge in [0.15, 0.2) is 5.60 Å². The number of nitrogens with zero attached hydrogens (tertiary/aromatic N) is 2. The van der Waals surface area contributed by atoms with Crippen molar-refractivity contribution in [1.82, 2.24) is 15.6 Å². The number of benzene rings is 1. The highest BCUT2D eigenvalue weighted by Crippen LogP contribution is 2.44. The molecule has 2 atom stereocenters. The molecule has 2 fully saturated rings. The molecule has 0 bridgehead atoms. The third-order valence-electron chi connectivity index (χ3n) is 8.02. The lowest BCUT2D eigenvalue weighted by Crippen LogP contribution is -2.56. The number of hydrogen-bond donors (Lipinski definition) is 2. The van der Waals surface area contributed by atoms with E-state index < -0.39 is 11.7 Å². The van der Waals surface area contributed by atoms with Gasteiger partial charge in [-0.05, 0) is 74.0 Å². The van der Waals surface area contributed by atoms with Crippen molar-refractivity contribution in [3.05, 3.63) is 59.8 Å². The number of carbonyl (C=O) groups excluding carboxylic acids is 2. The van der Waals surface area contributed by atoms with Crippen molar-refractivity contribution in [3.8, 4) is 0 Å². The number of alkyl carbamates (subject to hydrolysis) is 1. The summed E-state index contributed by atoms with van der Waals surface area (Å²) in [4.78, 5) is 32.7. The maximum absolute atomic E-state index is 13.7. The van der Waals surface area contributed by atoms with E-state index in [1.807, 2.05) is 55.5 Å². The molecular formula is C29H40N4O3. The van der Waals surface area contributed by atoms with E-state index >= 15 is 0 Å². The average molecular weight is 493 g/mol. The van der Waals surface area contributed by atoms with E-state index in [9.17, 15) is 9.59 Å². The van der Waals surface area contributed by atoms with Crippen LogP contribution in [0.25, 0.3) is 0 Å². The van der Waals surface area contributed by atoms with Crippen molar-refractivity contribution in [2.45, 2.75) is 68.8 Å². The van der Waals surface area contributed by atoms with Gasteiger partial charge in [0.25, 0.3) is 5.91 Å². The SMILES string of the molecule is CNC(=O)OC1(C(=O)NCC2CCC(c3ccc(N(C)C)nc3)CC2)CCCCC1c1ccccc1. The van der Waals surface area contributed by atoms with E-state index in [1.165, 1.54) is 12.6 Å². The van der Waals surface area contributed by atoms with E-state index in [4.69, 9.17) is 4.74 Å². The Morgan fingerprint density at radius 3 is 2.39 bits per heavy atom. The highest BCUT2D eigenvalue weighted by Gasteiger charge is 2.51. The Kier molecular flexibility index (Phi) is 8.49. The Morgan fingerprint density at radius 2 is 1.75 bits per heavy atom. The lowest BCUT2D eigenvalue weighted by Gasteiger charge is -2.42. The van der Waals surface area contributed by atoms with Crippen molar-refractivity contribution >= 4 is 17.8 Å². The van der Waals surface area contributed by atoms with E-state index in [0.29, 0.717) is 24.8 Å². The topological polar surface area (TPSA) is 83.6 Å². The quantitative estimate of drug-likeness (QED) is 0.569. The van der Waals surface area contributed by atoms with Crippen LogP contribution in [-0.2, 0) is 9.53 Å². The molecule has 0 radical (unpaired) electrons. The lowest BCUT2D eigenvalue weighted by molar-refractivity contribution is -0.146. The van der Waals surface area contributed by atoms with Crippen LogP contribution in [0, 0.1) is 5.92 Å². The van der Waals surface area contributed by atoms with Crippen LogP contribution in [0.2, 0.25) is 0 Å².